The summed E-state index contributed by atoms with van der Waals surface area (Å²) in [5.74, 6) is 0.199. The Hall–Kier alpha value is -0.850. The van der Waals surface area contributed by atoms with Crippen LogP contribution in [0.4, 0.5) is 4.39 Å². The number of aliphatic hydroxyl groups excluding tert-OH is 1. The molecule has 21 heavy (non-hydrogen) atoms. The zero-order valence-corrected chi connectivity index (χ0v) is 14.4. The van der Waals surface area contributed by atoms with Crippen molar-refractivity contribution in [1.29, 1.82) is 0 Å². The molecule has 1 heterocycles. The largest absolute Gasteiger partial charge is 0.392 e. The highest BCUT2D eigenvalue weighted by Crippen LogP contribution is 2.26. The molecule has 2 rings (SSSR count). The van der Waals surface area contributed by atoms with Crippen LogP contribution in [0.3, 0.4) is 0 Å². The highest BCUT2D eigenvalue weighted by molar-refractivity contribution is 9.10. The predicted molar refractivity (Wildman–Crippen MR) is 87.1 cm³/mol. The molecule has 0 saturated carbocycles. The van der Waals surface area contributed by atoms with E-state index in [0.717, 1.165) is 22.3 Å². The average molecular weight is 373 g/mol. The van der Waals surface area contributed by atoms with E-state index in [4.69, 9.17) is 0 Å². The second-order valence-electron chi connectivity index (χ2n) is 4.78. The number of rotatable bonds is 6. The summed E-state index contributed by atoms with van der Waals surface area (Å²) in [7, 11) is 1.87. The topological polar surface area (TPSA) is 38.0 Å². The van der Waals surface area contributed by atoms with Crippen LogP contribution in [0.5, 0.6) is 0 Å². The van der Waals surface area contributed by atoms with Gasteiger partial charge in [-0.25, -0.2) is 4.39 Å². The van der Waals surface area contributed by atoms with Crippen LogP contribution in [-0.2, 0) is 19.9 Å². The number of aryl methyl sites for hydroxylation is 2. The molecular formula is C15H18BrFN2OS. The molecule has 0 bridgehead atoms. The number of aromatic nitrogens is 2. The highest BCUT2D eigenvalue weighted by Gasteiger charge is 2.16. The normalized spacial score (nSPS) is 12.6. The predicted octanol–water partition coefficient (Wildman–Crippen LogP) is 3.58. The fraction of sp³-hybridized carbons (Fsp3) is 0.400. The van der Waals surface area contributed by atoms with Gasteiger partial charge >= 0.3 is 0 Å². The molecule has 0 saturated heterocycles. The summed E-state index contributed by atoms with van der Waals surface area (Å²) < 4.78 is 16.3. The van der Waals surface area contributed by atoms with E-state index in [1.54, 1.807) is 22.9 Å². The number of thioether (sulfide) groups is 1. The lowest BCUT2D eigenvalue weighted by molar-refractivity contribution is 0.197. The number of hydrogen-bond donors (Lipinski definition) is 1. The third-order valence-electron chi connectivity index (χ3n) is 3.20. The second-order valence-corrected chi connectivity index (χ2v) is 6.64. The van der Waals surface area contributed by atoms with Crippen molar-refractivity contribution in [3.63, 3.8) is 0 Å². The lowest BCUT2D eigenvalue weighted by atomic mass is 10.2. The summed E-state index contributed by atoms with van der Waals surface area (Å²) in [6.07, 6.45) is 0.783. The minimum Gasteiger partial charge on any atom is -0.392 e. The van der Waals surface area contributed by atoms with E-state index >= 15 is 0 Å². The van der Waals surface area contributed by atoms with Crippen molar-refractivity contribution in [2.24, 2.45) is 7.05 Å². The molecule has 114 valence electrons. The Bertz CT molecular complexity index is 618. The first-order valence-electron chi connectivity index (χ1n) is 6.78. The molecule has 1 unspecified atom stereocenters. The molecule has 0 aliphatic carbocycles. The smallest absolute Gasteiger partial charge is 0.136 e. The maximum Gasteiger partial charge on any atom is 0.136 e. The molecule has 2 aromatic rings. The zero-order chi connectivity index (χ0) is 15.4. The molecule has 1 aromatic heterocycles. The molecular weight excluding hydrogens is 355 g/mol. The minimum atomic E-state index is -0.550. The third kappa shape index (κ3) is 4.08. The molecule has 0 radical (unpaired) electrons. The first kappa shape index (κ1) is 16.5. The molecule has 1 aromatic carbocycles. The van der Waals surface area contributed by atoms with Crippen molar-refractivity contribution in [1.82, 2.24) is 9.78 Å². The van der Waals surface area contributed by atoms with Gasteiger partial charge in [0.2, 0.25) is 0 Å². The van der Waals surface area contributed by atoms with Crippen LogP contribution in [0.2, 0.25) is 0 Å². The Morgan fingerprint density at radius 2 is 2.14 bits per heavy atom. The van der Waals surface area contributed by atoms with Crippen molar-refractivity contribution < 1.29 is 9.50 Å². The molecule has 0 aliphatic heterocycles. The summed E-state index contributed by atoms with van der Waals surface area (Å²) in [5.41, 5.74) is 1.95. The van der Waals surface area contributed by atoms with Gasteiger partial charge in [-0.05, 0) is 34.5 Å². The molecule has 1 atom stereocenters. The number of halogens is 2. The van der Waals surface area contributed by atoms with Crippen LogP contribution in [0, 0.1) is 5.82 Å². The molecule has 0 amide bonds. The van der Waals surface area contributed by atoms with Gasteiger partial charge in [0.15, 0.2) is 0 Å². The number of aliphatic hydroxyl groups is 1. The minimum absolute atomic E-state index is 0.246. The van der Waals surface area contributed by atoms with E-state index in [0.29, 0.717) is 17.1 Å². The Labute approximate surface area is 136 Å². The van der Waals surface area contributed by atoms with Gasteiger partial charge in [0.1, 0.15) is 5.82 Å². The fourth-order valence-corrected chi connectivity index (χ4v) is 3.72. The lowest BCUT2D eigenvalue weighted by Crippen LogP contribution is -2.16. The summed E-state index contributed by atoms with van der Waals surface area (Å²) >= 11 is 4.87. The van der Waals surface area contributed by atoms with Gasteiger partial charge in [-0.2, -0.15) is 5.10 Å². The lowest BCUT2D eigenvalue weighted by Gasteiger charge is -2.11. The second kappa shape index (κ2) is 7.42. The third-order valence-corrected chi connectivity index (χ3v) is 5.31. The van der Waals surface area contributed by atoms with Crippen LogP contribution >= 0.6 is 27.7 Å². The van der Waals surface area contributed by atoms with E-state index in [2.05, 4.69) is 21.0 Å². The number of hydrogen-bond acceptors (Lipinski definition) is 3. The van der Waals surface area contributed by atoms with Crippen LogP contribution in [0.15, 0.2) is 33.6 Å². The molecule has 0 aliphatic rings. The zero-order valence-electron chi connectivity index (χ0n) is 12.0. The van der Waals surface area contributed by atoms with Crippen molar-refractivity contribution >= 4 is 27.7 Å². The standard InChI is InChI=1S/C15H18BrFN2OS/c1-3-12-15(16)13(19(2)18-12)8-10(20)9-21-14-7-5-4-6-11(14)17/h4-7,10,20H,3,8-9H2,1-2H3. The summed E-state index contributed by atoms with van der Waals surface area (Å²) in [5, 5.41) is 14.6. The number of nitrogens with zero attached hydrogens (tertiary/aromatic N) is 2. The maximum absolute atomic E-state index is 13.5. The Morgan fingerprint density at radius 3 is 2.76 bits per heavy atom. The van der Waals surface area contributed by atoms with Gasteiger partial charge in [-0.15, -0.1) is 11.8 Å². The first-order valence-corrected chi connectivity index (χ1v) is 8.56. The van der Waals surface area contributed by atoms with Gasteiger partial charge < -0.3 is 5.11 Å². The number of benzene rings is 1. The Morgan fingerprint density at radius 1 is 1.43 bits per heavy atom. The summed E-state index contributed by atoms with van der Waals surface area (Å²) in [6, 6.07) is 6.61. The van der Waals surface area contributed by atoms with Crippen molar-refractivity contribution in [3.8, 4) is 0 Å². The van der Waals surface area contributed by atoms with E-state index < -0.39 is 6.10 Å². The quantitative estimate of drug-likeness (QED) is 0.787. The Kier molecular flexibility index (Phi) is 5.84. The fourth-order valence-electron chi connectivity index (χ4n) is 2.07. The van der Waals surface area contributed by atoms with E-state index in [1.807, 2.05) is 14.0 Å². The van der Waals surface area contributed by atoms with Crippen molar-refractivity contribution in [2.75, 3.05) is 5.75 Å². The van der Waals surface area contributed by atoms with Gasteiger partial charge in [-0.3, -0.25) is 4.68 Å². The van der Waals surface area contributed by atoms with Gasteiger partial charge in [0, 0.05) is 24.1 Å². The molecule has 3 nitrogen and oxygen atoms in total. The van der Waals surface area contributed by atoms with Gasteiger partial charge in [-0.1, -0.05) is 19.1 Å². The first-order chi connectivity index (χ1) is 10.0. The Balaban J connectivity index is 1.98. The van der Waals surface area contributed by atoms with Crippen molar-refractivity contribution in [3.05, 3.63) is 45.9 Å². The van der Waals surface area contributed by atoms with Gasteiger partial charge in [0.25, 0.3) is 0 Å². The molecule has 0 fully saturated rings. The van der Waals surface area contributed by atoms with Crippen molar-refractivity contribution in [2.45, 2.75) is 30.8 Å². The molecule has 1 N–H and O–H groups in total. The summed E-state index contributed by atoms with van der Waals surface area (Å²) in [6.45, 7) is 2.04. The van der Waals surface area contributed by atoms with Gasteiger partial charge in [0.05, 0.1) is 22.0 Å². The van der Waals surface area contributed by atoms with E-state index in [-0.39, 0.29) is 5.82 Å². The molecule has 0 spiro atoms. The van der Waals surface area contributed by atoms with E-state index in [9.17, 15) is 9.50 Å². The van der Waals surface area contributed by atoms with E-state index in [1.165, 1.54) is 17.8 Å². The summed E-state index contributed by atoms with van der Waals surface area (Å²) in [4.78, 5) is 0.565. The van der Waals surface area contributed by atoms with Crippen LogP contribution in [0.1, 0.15) is 18.3 Å². The average Bonchev–Trinajstić information content (AvgIpc) is 2.74. The SMILES string of the molecule is CCc1nn(C)c(CC(O)CSc2ccccc2F)c1Br. The monoisotopic (exact) mass is 372 g/mol. The highest BCUT2D eigenvalue weighted by atomic mass is 79.9. The van der Waals surface area contributed by atoms with Crippen LogP contribution < -0.4 is 0 Å². The van der Waals surface area contributed by atoms with Crippen LogP contribution in [-0.4, -0.2) is 26.7 Å². The maximum atomic E-state index is 13.5. The van der Waals surface area contributed by atoms with Crippen LogP contribution in [0.25, 0.3) is 0 Å². The molecule has 6 heteroatoms.